The lowest BCUT2D eigenvalue weighted by atomic mass is 10.0. The molecule has 3 heterocycles. The summed E-state index contributed by atoms with van der Waals surface area (Å²) in [7, 11) is -2.31. The summed E-state index contributed by atoms with van der Waals surface area (Å²) >= 11 is 0. The summed E-state index contributed by atoms with van der Waals surface area (Å²) in [5.74, 6) is -0.484. The Bertz CT molecular complexity index is 881. The van der Waals surface area contributed by atoms with Crippen LogP contribution in [0.5, 0.6) is 0 Å². The Morgan fingerprint density at radius 2 is 1.77 bits per heavy atom. The van der Waals surface area contributed by atoms with Crippen LogP contribution in [0.25, 0.3) is 0 Å². The molecule has 0 radical (unpaired) electrons. The van der Waals surface area contributed by atoms with Crippen molar-refractivity contribution in [2.75, 3.05) is 7.11 Å². The van der Waals surface area contributed by atoms with Crippen LogP contribution in [0.15, 0.2) is 41.8 Å². The van der Waals surface area contributed by atoms with E-state index in [0.29, 0.717) is 5.56 Å². The van der Waals surface area contributed by atoms with E-state index in [4.69, 9.17) is 0 Å². The molecule has 0 aliphatic carbocycles. The second-order valence-electron chi connectivity index (χ2n) is 6.74. The number of carbonyl (C=O) groups excluding carboxylic acids is 1. The molecular formula is C17H20N4O4S. The van der Waals surface area contributed by atoms with Crippen molar-refractivity contribution in [1.29, 1.82) is 0 Å². The Balaban J connectivity index is 1.58. The number of aromatic nitrogens is 3. The lowest BCUT2D eigenvalue weighted by Crippen LogP contribution is -2.46. The summed E-state index contributed by atoms with van der Waals surface area (Å²) < 4.78 is 34.5. The number of rotatable bonds is 4. The highest BCUT2D eigenvalue weighted by molar-refractivity contribution is 7.89. The van der Waals surface area contributed by atoms with Crippen molar-refractivity contribution in [1.82, 2.24) is 19.1 Å². The highest BCUT2D eigenvalue weighted by Gasteiger charge is 2.47. The van der Waals surface area contributed by atoms with Gasteiger partial charge in [-0.05, 0) is 49.9 Å². The van der Waals surface area contributed by atoms with Gasteiger partial charge in [-0.3, -0.25) is 0 Å². The molecule has 2 aromatic rings. The molecule has 2 saturated heterocycles. The van der Waals surface area contributed by atoms with E-state index in [1.807, 2.05) is 4.68 Å². The van der Waals surface area contributed by atoms with Crippen LogP contribution >= 0.6 is 0 Å². The lowest BCUT2D eigenvalue weighted by Gasteiger charge is -2.37. The number of methoxy groups -OCH3 is 1. The molecule has 0 saturated carbocycles. The monoisotopic (exact) mass is 376 g/mol. The average molecular weight is 376 g/mol. The van der Waals surface area contributed by atoms with Gasteiger partial charge in [-0.2, -0.15) is 9.40 Å². The Labute approximate surface area is 151 Å². The minimum Gasteiger partial charge on any atom is -0.465 e. The minimum atomic E-state index is -3.60. The first-order chi connectivity index (χ1) is 12.5. The first-order valence-corrected chi connectivity index (χ1v) is 10.0. The molecule has 2 atom stereocenters. The molecule has 9 heteroatoms. The molecule has 0 N–H and O–H groups in total. The van der Waals surface area contributed by atoms with Crippen LogP contribution in [0.2, 0.25) is 0 Å². The molecule has 2 aliphatic heterocycles. The molecule has 2 unspecified atom stereocenters. The number of ether oxygens (including phenoxy) is 1. The first-order valence-electron chi connectivity index (χ1n) is 8.56. The van der Waals surface area contributed by atoms with E-state index in [1.54, 1.807) is 10.6 Å². The Kier molecular flexibility index (Phi) is 4.28. The van der Waals surface area contributed by atoms with E-state index in [-0.39, 0.29) is 23.0 Å². The molecule has 138 valence electrons. The largest absolute Gasteiger partial charge is 0.465 e. The van der Waals surface area contributed by atoms with Crippen molar-refractivity contribution in [2.45, 2.75) is 48.7 Å². The van der Waals surface area contributed by atoms with Crippen molar-refractivity contribution >= 4 is 16.0 Å². The molecule has 4 rings (SSSR count). The smallest absolute Gasteiger partial charge is 0.337 e. The van der Waals surface area contributed by atoms with E-state index in [9.17, 15) is 13.2 Å². The second-order valence-corrected chi connectivity index (χ2v) is 8.58. The zero-order valence-electron chi connectivity index (χ0n) is 14.4. The van der Waals surface area contributed by atoms with Crippen molar-refractivity contribution in [2.24, 2.45) is 0 Å². The topological polar surface area (TPSA) is 94.4 Å². The fraction of sp³-hybridized carbons (Fsp3) is 0.471. The number of esters is 1. The predicted molar refractivity (Wildman–Crippen MR) is 91.9 cm³/mol. The molecule has 0 amide bonds. The quantitative estimate of drug-likeness (QED) is 0.753. The third-order valence-electron chi connectivity index (χ3n) is 5.30. The normalized spacial score (nSPS) is 26.0. The van der Waals surface area contributed by atoms with Crippen LogP contribution in [0.4, 0.5) is 0 Å². The van der Waals surface area contributed by atoms with Crippen molar-refractivity contribution < 1.29 is 17.9 Å². The standard InChI is InChI=1S/C17H20N4O4S/c1-25-17(22)12-2-6-16(7-3-12)26(23,24)21-13-4-5-14(21)9-15(8-13)20-11-18-10-19-20/h2-3,6-7,10-11,13-15H,4-5,8-9H2,1H3. The van der Waals surface area contributed by atoms with E-state index >= 15 is 0 Å². The fourth-order valence-electron chi connectivity index (χ4n) is 4.12. The number of carbonyl (C=O) groups is 1. The Morgan fingerprint density at radius 3 is 2.31 bits per heavy atom. The summed E-state index contributed by atoms with van der Waals surface area (Å²) in [6, 6.07) is 6.05. The minimum absolute atomic E-state index is 0.0340. The predicted octanol–water partition coefficient (Wildman–Crippen LogP) is 1.62. The number of piperidine rings is 1. The fourth-order valence-corrected chi connectivity index (χ4v) is 6.01. The number of hydrogen-bond donors (Lipinski definition) is 0. The van der Waals surface area contributed by atoms with Gasteiger partial charge in [0.15, 0.2) is 0 Å². The Hall–Kier alpha value is -2.26. The molecule has 8 nitrogen and oxygen atoms in total. The first kappa shape index (κ1) is 17.2. The van der Waals surface area contributed by atoms with Crippen molar-refractivity contribution in [3.8, 4) is 0 Å². The highest BCUT2D eigenvalue weighted by Crippen LogP contribution is 2.43. The molecule has 2 bridgehead atoms. The Morgan fingerprint density at radius 1 is 1.12 bits per heavy atom. The molecule has 2 aliphatic rings. The maximum atomic E-state index is 13.2. The number of nitrogens with zero attached hydrogens (tertiary/aromatic N) is 4. The molecular weight excluding hydrogens is 356 g/mol. The van der Waals surface area contributed by atoms with Gasteiger partial charge in [-0.15, -0.1) is 0 Å². The molecule has 1 aromatic heterocycles. The van der Waals surface area contributed by atoms with Crippen LogP contribution in [0.1, 0.15) is 42.1 Å². The van der Waals surface area contributed by atoms with Crippen LogP contribution in [-0.2, 0) is 14.8 Å². The summed E-state index contributed by atoms with van der Waals surface area (Å²) in [4.78, 5) is 15.7. The summed E-state index contributed by atoms with van der Waals surface area (Å²) in [6.07, 6.45) is 6.39. The average Bonchev–Trinajstić information content (AvgIpc) is 3.28. The van der Waals surface area contributed by atoms with Crippen LogP contribution in [0.3, 0.4) is 0 Å². The van der Waals surface area contributed by atoms with Gasteiger partial charge in [0.25, 0.3) is 0 Å². The molecule has 26 heavy (non-hydrogen) atoms. The SMILES string of the molecule is COC(=O)c1ccc(S(=O)(=O)N2C3CCC2CC(n2cncn2)C3)cc1. The maximum absolute atomic E-state index is 13.2. The lowest BCUT2D eigenvalue weighted by molar-refractivity contribution is 0.0600. The zero-order valence-corrected chi connectivity index (χ0v) is 15.2. The molecule has 2 fully saturated rings. The number of benzene rings is 1. The van der Waals surface area contributed by atoms with E-state index in [0.717, 1.165) is 25.7 Å². The van der Waals surface area contributed by atoms with Gasteiger partial charge in [-0.25, -0.2) is 22.9 Å². The molecule has 1 aromatic carbocycles. The van der Waals surface area contributed by atoms with Gasteiger partial charge < -0.3 is 4.74 Å². The highest BCUT2D eigenvalue weighted by atomic mass is 32.2. The van der Waals surface area contributed by atoms with Crippen LogP contribution < -0.4 is 0 Å². The number of fused-ring (bicyclic) bond motifs is 2. The van der Waals surface area contributed by atoms with Crippen molar-refractivity contribution in [3.63, 3.8) is 0 Å². The van der Waals surface area contributed by atoms with Crippen molar-refractivity contribution in [3.05, 3.63) is 42.5 Å². The third-order valence-corrected chi connectivity index (χ3v) is 7.32. The van der Waals surface area contributed by atoms with Gasteiger partial charge in [-0.1, -0.05) is 0 Å². The number of sulfonamides is 1. The van der Waals surface area contributed by atoms with Gasteiger partial charge in [0.2, 0.25) is 10.0 Å². The van der Waals surface area contributed by atoms with E-state index in [1.165, 1.54) is 37.7 Å². The second kappa shape index (κ2) is 6.48. The summed E-state index contributed by atoms with van der Waals surface area (Å²) in [5.41, 5.74) is 0.333. The third kappa shape index (κ3) is 2.80. The van der Waals surface area contributed by atoms with E-state index < -0.39 is 16.0 Å². The summed E-state index contributed by atoms with van der Waals surface area (Å²) in [6.45, 7) is 0. The van der Waals surface area contributed by atoms with Gasteiger partial charge in [0.05, 0.1) is 23.6 Å². The van der Waals surface area contributed by atoms with E-state index in [2.05, 4.69) is 14.8 Å². The van der Waals surface area contributed by atoms with Gasteiger partial charge >= 0.3 is 5.97 Å². The van der Waals surface area contributed by atoms with Gasteiger partial charge in [0.1, 0.15) is 12.7 Å². The summed E-state index contributed by atoms with van der Waals surface area (Å²) in [5, 5.41) is 4.21. The van der Waals surface area contributed by atoms with Crippen LogP contribution in [-0.4, -0.2) is 52.7 Å². The van der Waals surface area contributed by atoms with Gasteiger partial charge in [0, 0.05) is 12.1 Å². The molecule has 0 spiro atoms. The van der Waals surface area contributed by atoms with Crippen LogP contribution in [0, 0.1) is 0 Å². The number of hydrogen-bond acceptors (Lipinski definition) is 6. The zero-order chi connectivity index (χ0) is 18.3. The maximum Gasteiger partial charge on any atom is 0.337 e.